The van der Waals surface area contributed by atoms with Gasteiger partial charge in [0.15, 0.2) is 0 Å². The Balaban J connectivity index is 2.08. The van der Waals surface area contributed by atoms with E-state index in [1.807, 2.05) is 0 Å². The molecule has 2 aliphatic rings. The quantitative estimate of drug-likeness (QED) is 0.596. The Morgan fingerprint density at radius 1 is 0.952 bits per heavy atom. The number of hydrogen-bond donors (Lipinski definition) is 0. The van der Waals surface area contributed by atoms with Gasteiger partial charge >= 0.3 is 0 Å². The molecule has 0 heterocycles. The van der Waals surface area contributed by atoms with E-state index in [-0.39, 0.29) is 10.8 Å². The maximum absolute atomic E-state index is 4.10. The molecular weight excluding hydrogens is 252 g/mol. The molecule has 1 spiro atoms. The van der Waals surface area contributed by atoms with Crippen molar-refractivity contribution in [2.45, 2.75) is 32.1 Å². The molecule has 0 saturated heterocycles. The van der Waals surface area contributed by atoms with Crippen LogP contribution in [0, 0.1) is 11.3 Å². The summed E-state index contributed by atoms with van der Waals surface area (Å²) in [6, 6.07) is 18.0. The second-order valence-electron chi connectivity index (χ2n) is 7.10. The van der Waals surface area contributed by atoms with Gasteiger partial charge in [-0.25, -0.2) is 0 Å². The lowest BCUT2D eigenvalue weighted by Crippen LogP contribution is -2.39. The molecule has 1 saturated carbocycles. The zero-order valence-corrected chi connectivity index (χ0v) is 12.9. The average molecular weight is 274 g/mol. The van der Waals surface area contributed by atoms with Gasteiger partial charge in [0.05, 0.1) is 0 Å². The average Bonchev–Trinajstić information content (AvgIpc) is 2.95. The van der Waals surface area contributed by atoms with E-state index in [0.29, 0.717) is 5.92 Å². The maximum atomic E-state index is 4.10. The molecular formula is C21H22. The lowest BCUT2D eigenvalue weighted by atomic mass is 9.60. The zero-order chi connectivity index (χ0) is 14.7. The molecule has 0 N–H and O–H groups in total. The van der Waals surface area contributed by atoms with E-state index in [1.54, 1.807) is 0 Å². The summed E-state index contributed by atoms with van der Waals surface area (Å²) in [5, 5.41) is 0. The molecule has 2 aliphatic carbocycles. The fraction of sp³-hybridized carbons (Fsp3) is 0.333. The van der Waals surface area contributed by atoms with Gasteiger partial charge in [-0.2, -0.15) is 0 Å². The molecule has 0 aromatic heterocycles. The van der Waals surface area contributed by atoms with Crippen LogP contribution in [0.4, 0.5) is 0 Å². The molecule has 0 nitrogen and oxygen atoms in total. The van der Waals surface area contributed by atoms with Crippen LogP contribution >= 0.6 is 0 Å². The monoisotopic (exact) mass is 274 g/mol. The second kappa shape index (κ2) is 4.10. The van der Waals surface area contributed by atoms with E-state index in [4.69, 9.17) is 0 Å². The molecule has 2 aromatic rings. The highest BCUT2D eigenvalue weighted by Crippen LogP contribution is 2.66. The molecule has 0 bridgehead atoms. The Kier molecular flexibility index (Phi) is 2.52. The van der Waals surface area contributed by atoms with Gasteiger partial charge in [-0.1, -0.05) is 68.5 Å². The first-order chi connectivity index (χ1) is 10.1. The molecule has 1 fully saturated rings. The van der Waals surface area contributed by atoms with Crippen molar-refractivity contribution in [1.29, 1.82) is 0 Å². The molecule has 0 radical (unpaired) electrons. The number of hydrogen-bond acceptors (Lipinski definition) is 0. The number of rotatable bonds is 1. The van der Waals surface area contributed by atoms with Gasteiger partial charge in [-0.15, -0.1) is 6.58 Å². The van der Waals surface area contributed by atoms with Crippen molar-refractivity contribution in [2.24, 2.45) is 11.3 Å². The van der Waals surface area contributed by atoms with Crippen molar-refractivity contribution in [3.63, 3.8) is 0 Å². The van der Waals surface area contributed by atoms with Crippen LogP contribution < -0.4 is 0 Å². The topological polar surface area (TPSA) is 0 Å². The molecule has 106 valence electrons. The first-order valence-electron chi connectivity index (χ1n) is 7.95. The van der Waals surface area contributed by atoms with Gasteiger partial charge in [-0.05, 0) is 46.4 Å². The van der Waals surface area contributed by atoms with Gasteiger partial charge in [0.2, 0.25) is 0 Å². The summed E-state index contributed by atoms with van der Waals surface area (Å²) in [5.74, 6) is 0.580. The van der Waals surface area contributed by atoms with Crippen molar-refractivity contribution in [3.05, 3.63) is 72.3 Å². The fourth-order valence-corrected chi connectivity index (χ4v) is 5.07. The Morgan fingerprint density at radius 3 is 1.95 bits per heavy atom. The van der Waals surface area contributed by atoms with Crippen LogP contribution in [0.2, 0.25) is 0 Å². The van der Waals surface area contributed by atoms with Crippen molar-refractivity contribution in [3.8, 4) is 11.1 Å². The molecule has 4 rings (SSSR count). The number of benzene rings is 2. The summed E-state index contributed by atoms with van der Waals surface area (Å²) in [5.41, 5.74) is 6.29. The van der Waals surface area contributed by atoms with Gasteiger partial charge in [0.1, 0.15) is 0 Å². The van der Waals surface area contributed by atoms with Crippen LogP contribution in [-0.4, -0.2) is 0 Å². The molecule has 0 amide bonds. The van der Waals surface area contributed by atoms with Crippen molar-refractivity contribution >= 4 is 0 Å². The van der Waals surface area contributed by atoms with Crippen molar-refractivity contribution in [2.75, 3.05) is 0 Å². The van der Waals surface area contributed by atoms with Gasteiger partial charge in [0.25, 0.3) is 0 Å². The Hall–Kier alpha value is -1.82. The third-order valence-corrected chi connectivity index (χ3v) is 6.21. The summed E-state index contributed by atoms with van der Waals surface area (Å²) in [7, 11) is 0. The maximum Gasteiger partial charge on any atom is 0.0271 e. The first kappa shape index (κ1) is 12.9. The lowest BCUT2D eigenvalue weighted by molar-refractivity contribution is 0.210. The van der Waals surface area contributed by atoms with E-state index < -0.39 is 0 Å². The lowest BCUT2D eigenvalue weighted by Gasteiger charge is -2.43. The van der Waals surface area contributed by atoms with Gasteiger partial charge in [-0.3, -0.25) is 0 Å². The summed E-state index contributed by atoms with van der Waals surface area (Å²) in [6.07, 6.45) is 4.64. The van der Waals surface area contributed by atoms with E-state index in [0.717, 1.165) is 0 Å². The van der Waals surface area contributed by atoms with E-state index in [9.17, 15) is 0 Å². The largest absolute Gasteiger partial charge is 0.103 e. The minimum absolute atomic E-state index is 0.152. The smallest absolute Gasteiger partial charge is 0.0271 e. The minimum atomic E-state index is 0.152. The fourth-order valence-electron chi connectivity index (χ4n) is 5.07. The number of fused-ring (bicyclic) bond motifs is 5. The zero-order valence-electron chi connectivity index (χ0n) is 12.9. The number of allylic oxidation sites excluding steroid dienone is 1. The molecule has 2 aromatic carbocycles. The van der Waals surface area contributed by atoms with Crippen LogP contribution in [-0.2, 0) is 5.41 Å². The van der Waals surface area contributed by atoms with Gasteiger partial charge < -0.3 is 0 Å². The first-order valence-corrected chi connectivity index (χ1v) is 7.95. The molecule has 1 atom stereocenters. The van der Waals surface area contributed by atoms with E-state index in [2.05, 4.69) is 75.0 Å². The Morgan fingerprint density at radius 2 is 1.48 bits per heavy atom. The van der Waals surface area contributed by atoms with Crippen LogP contribution in [0.5, 0.6) is 0 Å². The van der Waals surface area contributed by atoms with Crippen LogP contribution in [0.3, 0.4) is 0 Å². The SMILES string of the molecule is C=CC1CCC2(c3ccccc3-c3ccccc32)C1(C)C. The van der Waals surface area contributed by atoms with E-state index >= 15 is 0 Å². The Bertz CT molecular complexity index is 675. The van der Waals surface area contributed by atoms with Crippen molar-refractivity contribution < 1.29 is 0 Å². The molecule has 0 aliphatic heterocycles. The normalized spacial score (nSPS) is 23.8. The van der Waals surface area contributed by atoms with Crippen molar-refractivity contribution in [1.82, 2.24) is 0 Å². The van der Waals surface area contributed by atoms with E-state index in [1.165, 1.54) is 35.1 Å². The second-order valence-corrected chi connectivity index (χ2v) is 7.10. The summed E-state index contributed by atoms with van der Waals surface area (Å²) >= 11 is 0. The van der Waals surface area contributed by atoms with Crippen LogP contribution in [0.15, 0.2) is 61.2 Å². The van der Waals surface area contributed by atoms with Crippen LogP contribution in [0.25, 0.3) is 11.1 Å². The molecule has 1 unspecified atom stereocenters. The van der Waals surface area contributed by atoms with Gasteiger partial charge in [0, 0.05) is 5.41 Å². The molecule has 21 heavy (non-hydrogen) atoms. The summed E-state index contributed by atoms with van der Waals surface area (Å²) in [6.45, 7) is 8.98. The highest BCUT2D eigenvalue weighted by molar-refractivity contribution is 5.81. The summed E-state index contributed by atoms with van der Waals surface area (Å²) in [4.78, 5) is 0. The van der Waals surface area contributed by atoms with Crippen LogP contribution in [0.1, 0.15) is 37.8 Å². The minimum Gasteiger partial charge on any atom is -0.103 e. The predicted octanol–water partition coefficient (Wildman–Crippen LogP) is 5.58. The standard InChI is InChI=1S/C21H22/c1-4-15-13-14-21(20(15,2)3)18-11-7-5-9-16(18)17-10-6-8-12-19(17)21/h4-12,15H,1,13-14H2,2-3H3. The highest BCUT2D eigenvalue weighted by atomic mass is 14.6. The third kappa shape index (κ3) is 1.36. The predicted molar refractivity (Wildman–Crippen MR) is 89.4 cm³/mol. The third-order valence-electron chi connectivity index (χ3n) is 6.21. The Labute approximate surface area is 127 Å². The summed E-state index contributed by atoms with van der Waals surface area (Å²) < 4.78 is 0. The highest BCUT2D eigenvalue weighted by Gasteiger charge is 2.58. The molecule has 0 heteroatoms.